The third-order valence-electron chi connectivity index (χ3n) is 6.47. The number of hydrogen-bond acceptors (Lipinski definition) is 5. The molecule has 192 valence electrons. The Kier molecular flexibility index (Phi) is 7.89. The zero-order valence-corrected chi connectivity index (χ0v) is 22.1. The highest BCUT2D eigenvalue weighted by Crippen LogP contribution is 2.42. The van der Waals surface area contributed by atoms with Gasteiger partial charge in [-0.25, -0.2) is 0 Å². The van der Waals surface area contributed by atoms with Gasteiger partial charge in [0.15, 0.2) is 0 Å². The molecule has 0 bridgehead atoms. The molecule has 1 N–H and O–H groups in total. The summed E-state index contributed by atoms with van der Waals surface area (Å²) in [6.45, 7) is 6.64. The van der Waals surface area contributed by atoms with E-state index in [0.717, 1.165) is 16.7 Å². The largest absolute Gasteiger partial charge is 0.507 e. The van der Waals surface area contributed by atoms with Crippen molar-refractivity contribution in [3.63, 3.8) is 0 Å². The third-order valence-corrected chi connectivity index (χ3v) is 6.80. The van der Waals surface area contributed by atoms with E-state index in [0.29, 0.717) is 24.0 Å². The molecule has 1 amide bonds. The number of ether oxygens (including phenoxy) is 2. The second-order valence-corrected chi connectivity index (χ2v) is 9.58. The fourth-order valence-electron chi connectivity index (χ4n) is 4.47. The summed E-state index contributed by atoms with van der Waals surface area (Å²) in [4.78, 5) is 28.2. The Hall–Kier alpha value is -3.77. The van der Waals surface area contributed by atoms with Gasteiger partial charge < -0.3 is 19.5 Å². The molecule has 1 saturated heterocycles. The number of amides is 1. The number of likely N-dealkylation sites (tertiary alicyclic amines) is 1. The summed E-state index contributed by atoms with van der Waals surface area (Å²) in [5.41, 5.74) is 2.90. The van der Waals surface area contributed by atoms with Crippen molar-refractivity contribution in [1.29, 1.82) is 0 Å². The Balaban J connectivity index is 1.85. The van der Waals surface area contributed by atoms with Crippen LogP contribution in [0.15, 0.2) is 72.3 Å². The SMILES string of the molecule is CCOc1ccc(Cl)c(/C(O)=C2\C(=O)C(=O)N(Cc3ccc(OC)cc3)C2c2ccc(C(C)C)cc2)c1. The molecule has 4 rings (SSSR count). The summed E-state index contributed by atoms with van der Waals surface area (Å²) in [7, 11) is 1.58. The first-order chi connectivity index (χ1) is 17.7. The van der Waals surface area contributed by atoms with Gasteiger partial charge in [-0.15, -0.1) is 0 Å². The number of carbonyl (C=O) groups excluding carboxylic acids is 2. The molecule has 7 heteroatoms. The quantitative estimate of drug-likeness (QED) is 0.209. The molecule has 0 aromatic heterocycles. The third kappa shape index (κ3) is 5.35. The van der Waals surface area contributed by atoms with Gasteiger partial charge in [0.25, 0.3) is 11.7 Å². The van der Waals surface area contributed by atoms with Crippen LogP contribution in [0.2, 0.25) is 5.02 Å². The number of benzene rings is 3. The summed E-state index contributed by atoms with van der Waals surface area (Å²) in [6.07, 6.45) is 0. The fraction of sp³-hybridized carbons (Fsp3) is 0.267. The van der Waals surface area contributed by atoms with E-state index >= 15 is 0 Å². The van der Waals surface area contributed by atoms with Gasteiger partial charge in [0.2, 0.25) is 0 Å². The Morgan fingerprint density at radius 3 is 2.24 bits per heavy atom. The molecule has 0 radical (unpaired) electrons. The highest BCUT2D eigenvalue weighted by molar-refractivity contribution is 6.47. The van der Waals surface area contributed by atoms with Gasteiger partial charge in [0.05, 0.1) is 30.4 Å². The van der Waals surface area contributed by atoms with Crippen molar-refractivity contribution in [1.82, 2.24) is 4.90 Å². The van der Waals surface area contributed by atoms with Gasteiger partial charge in [0.1, 0.15) is 17.3 Å². The van der Waals surface area contributed by atoms with E-state index in [1.807, 2.05) is 43.3 Å². The molecule has 37 heavy (non-hydrogen) atoms. The summed E-state index contributed by atoms with van der Waals surface area (Å²) < 4.78 is 10.8. The molecule has 1 aliphatic heterocycles. The molecular formula is C30H30ClNO5. The number of carbonyl (C=O) groups is 2. The Bertz CT molecular complexity index is 1330. The van der Waals surface area contributed by atoms with Crippen molar-refractivity contribution in [2.45, 2.75) is 39.3 Å². The number of aliphatic hydroxyl groups excluding tert-OH is 1. The molecule has 1 heterocycles. The number of hydrogen-bond donors (Lipinski definition) is 1. The van der Waals surface area contributed by atoms with Gasteiger partial charge in [0, 0.05) is 12.1 Å². The van der Waals surface area contributed by atoms with Crippen LogP contribution in [0.25, 0.3) is 5.76 Å². The van der Waals surface area contributed by atoms with Gasteiger partial charge in [-0.05, 0) is 59.9 Å². The Morgan fingerprint density at radius 2 is 1.65 bits per heavy atom. The van der Waals surface area contributed by atoms with Crippen LogP contribution < -0.4 is 9.47 Å². The van der Waals surface area contributed by atoms with Crippen molar-refractivity contribution in [2.24, 2.45) is 0 Å². The van der Waals surface area contributed by atoms with Crippen LogP contribution in [0.3, 0.4) is 0 Å². The lowest BCUT2D eigenvalue weighted by Crippen LogP contribution is -2.29. The second-order valence-electron chi connectivity index (χ2n) is 9.17. The number of aliphatic hydroxyl groups is 1. The van der Waals surface area contributed by atoms with E-state index in [1.54, 1.807) is 37.4 Å². The second kappa shape index (κ2) is 11.1. The smallest absolute Gasteiger partial charge is 0.295 e. The van der Waals surface area contributed by atoms with Gasteiger partial charge in [-0.2, -0.15) is 0 Å². The van der Waals surface area contributed by atoms with Crippen LogP contribution in [0, 0.1) is 0 Å². The first-order valence-corrected chi connectivity index (χ1v) is 12.6. The van der Waals surface area contributed by atoms with Crippen molar-refractivity contribution >= 4 is 29.1 Å². The highest BCUT2D eigenvalue weighted by atomic mass is 35.5. The van der Waals surface area contributed by atoms with Crippen LogP contribution in [-0.4, -0.2) is 35.4 Å². The Morgan fingerprint density at radius 1 is 1.00 bits per heavy atom. The maximum absolute atomic E-state index is 13.4. The molecule has 0 aliphatic carbocycles. The zero-order chi connectivity index (χ0) is 26.7. The van der Waals surface area contributed by atoms with Crippen LogP contribution >= 0.6 is 11.6 Å². The number of ketones is 1. The number of Topliss-reactive ketones (excluding diaryl/α,β-unsaturated/α-hetero) is 1. The molecule has 1 unspecified atom stereocenters. The number of nitrogens with zero attached hydrogens (tertiary/aromatic N) is 1. The van der Waals surface area contributed by atoms with Gasteiger partial charge >= 0.3 is 0 Å². The van der Waals surface area contributed by atoms with E-state index in [9.17, 15) is 14.7 Å². The predicted molar refractivity (Wildman–Crippen MR) is 144 cm³/mol. The normalized spacial score (nSPS) is 16.9. The lowest BCUT2D eigenvalue weighted by Gasteiger charge is -2.26. The van der Waals surface area contributed by atoms with Crippen molar-refractivity contribution < 1.29 is 24.2 Å². The molecule has 3 aromatic rings. The summed E-state index contributed by atoms with van der Waals surface area (Å²) >= 11 is 6.43. The maximum atomic E-state index is 13.4. The molecule has 0 saturated carbocycles. The van der Waals surface area contributed by atoms with Gasteiger partial charge in [-0.3, -0.25) is 9.59 Å². The average Bonchev–Trinajstić information content (AvgIpc) is 3.15. The fourth-order valence-corrected chi connectivity index (χ4v) is 4.67. The van der Waals surface area contributed by atoms with Crippen molar-refractivity contribution in [2.75, 3.05) is 13.7 Å². The van der Waals surface area contributed by atoms with Gasteiger partial charge in [-0.1, -0.05) is 61.8 Å². The van der Waals surface area contributed by atoms with Crippen molar-refractivity contribution in [3.8, 4) is 11.5 Å². The number of halogens is 1. The minimum absolute atomic E-state index is 0.00800. The minimum atomic E-state index is -0.796. The predicted octanol–water partition coefficient (Wildman–Crippen LogP) is 6.49. The first kappa shape index (κ1) is 26.3. The maximum Gasteiger partial charge on any atom is 0.295 e. The van der Waals surface area contributed by atoms with E-state index in [1.165, 1.54) is 4.90 Å². The molecule has 0 spiro atoms. The number of methoxy groups -OCH3 is 1. The minimum Gasteiger partial charge on any atom is -0.507 e. The van der Waals surface area contributed by atoms with Crippen LogP contribution in [0.5, 0.6) is 11.5 Å². The van der Waals surface area contributed by atoms with Crippen LogP contribution in [0.4, 0.5) is 0 Å². The standard InChI is InChI=1S/C30H30ClNO5/c1-5-37-23-14-15-25(31)24(16-23)28(33)26-27(21-10-8-20(9-11-21)18(2)3)32(30(35)29(26)34)17-19-6-12-22(36-4)13-7-19/h6-16,18,27,33H,5,17H2,1-4H3/b28-26+. The molecule has 3 aromatic carbocycles. The van der Waals surface area contributed by atoms with E-state index in [-0.39, 0.29) is 28.5 Å². The molecule has 1 aliphatic rings. The lowest BCUT2D eigenvalue weighted by atomic mass is 9.93. The summed E-state index contributed by atoms with van der Waals surface area (Å²) in [6, 6.07) is 19.1. The monoisotopic (exact) mass is 519 g/mol. The molecular weight excluding hydrogens is 490 g/mol. The lowest BCUT2D eigenvalue weighted by molar-refractivity contribution is -0.140. The first-order valence-electron chi connectivity index (χ1n) is 12.2. The molecule has 1 atom stereocenters. The summed E-state index contributed by atoms with van der Waals surface area (Å²) in [5.74, 6) is -0.275. The molecule has 1 fully saturated rings. The van der Waals surface area contributed by atoms with Crippen LogP contribution in [0.1, 0.15) is 55.0 Å². The van der Waals surface area contributed by atoms with Crippen LogP contribution in [-0.2, 0) is 16.1 Å². The zero-order valence-electron chi connectivity index (χ0n) is 21.3. The van der Waals surface area contributed by atoms with E-state index in [4.69, 9.17) is 21.1 Å². The van der Waals surface area contributed by atoms with Crippen molar-refractivity contribution in [3.05, 3.63) is 99.6 Å². The number of rotatable bonds is 8. The van der Waals surface area contributed by atoms with E-state index < -0.39 is 17.7 Å². The average molecular weight is 520 g/mol. The highest BCUT2D eigenvalue weighted by Gasteiger charge is 2.46. The molecule has 6 nitrogen and oxygen atoms in total. The topological polar surface area (TPSA) is 76.1 Å². The van der Waals surface area contributed by atoms with E-state index in [2.05, 4.69) is 13.8 Å². The summed E-state index contributed by atoms with van der Waals surface area (Å²) in [5, 5.41) is 11.7. The Labute approximate surface area is 222 Å².